The van der Waals surface area contributed by atoms with Crippen molar-refractivity contribution < 1.29 is 28.8 Å². The summed E-state index contributed by atoms with van der Waals surface area (Å²) in [5, 5.41) is 10.8. The van der Waals surface area contributed by atoms with Crippen molar-refractivity contribution in [3.05, 3.63) is 82.1 Å². The minimum absolute atomic E-state index is 0.0836. The zero-order chi connectivity index (χ0) is 24.5. The molecule has 1 aromatic heterocycles. The van der Waals surface area contributed by atoms with E-state index in [2.05, 4.69) is 0 Å². The van der Waals surface area contributed by atoms with Gasteiger partial charge in [-0.3, -0.25) is 4.79 Å². The zero-order valence-corrected chi connectivity index (χ0v) is 19.2. The van der Waals surface area contributed by atoms with Gasteiger partial charge in [-0.1, -0.05) is 24.3 Å². The molecule has 1 aliphatic heterocycles. The first-order valence-corrected chi connectivity index (χ1v) is 11.1. The summed E-state index contributed by atoms with van der Waals surface area (Å²) >= 11 is 0. The van der Waals surface area contributed by atoms with Crippen LogP contribution in [0, 0.1) is 0 Å². The van der Waals surface area contributed by atoms with Crippen molar-refractivity contribution in [2.45, 2.75) is 13.5 Å². The lowest BCUT2D eigenvalue weighted by Crippen LogP contribution is -2.28. The second-order valence-corrected chi connectivity index (χ2v) is 7.94. The Balaban J connectivity index is 1.83. The Kier molecular flexibility index (Phi) is 5.78. The lowest BCUT2D eigenvalue weighted by Gasteiger charge is -2.19. The highest BCUT2D eigenvalue weighted by molar-refractivity contribution is 6.07. The number of ether oxygens (including phenoxy) is 4. The van der Waals surface area contributed by atoms with Gasteiger partial charge in [-0.25, -0.2) is 4.79 Å². The van der Waals surface area contributed by atoms with E-state index in [0.29, 0.717) is 51.6 Å². The van der Waals surface area contributed by atoms with Crippen LogP contribution in [0.25, 0.3) is 22.0 Å². The molecule has 8 heteroatoms. The first-order chi connectivity index (χ1) is 17.0. The van der Waals surface area contributed by atoms with Crippen LogP contribution in [-0.2, 0) is 6.54 Å². The Morgan fingerprint density at radius 1 is 1.06 bits per heavy atom. The maximum Gasteiger partial charge on any atom is 0.342 e. The molecule has 178 valence electrons. The van der Waals surface area contributed by atoms with Gasteiger partial charge in [-0.2, -0.15) is 0 Å². The third-order valence-electron chi connectivity index (χ3n) is 5.94. The zero-order valence-electron chi connectivity index (χ0n) is 19.2. The molecule has 2 heterocycles. The van der Waals surface area contributed by atoms with Gasteiger partial charge in [0.05, 0.1) is 25.8 Å². The smallest absolute Gasteiger partial charge is 0.342 e. The van der Waals surface area contributed by atoms with Gasteiger partial charge in [0, 0.05) is 16.5 Å². The highest BCUT2D eigenvalue weighted by Crippen LogP contribution is 2.40. The topological polar surface area (TPSA) is 96.2 Å². The summed E-state index contributed by atoms with van der Waals surface area (Å²) in [6.07, 6.45) is 0. The number of rotatable bonds is 7. The molecule has 0 radical (unpaired) electrons. The number of hydrogen-bond donors (Lipinski definition) is 1. The fourth-order valence-corrected chi connectivity index (χ4v) is 4.40. The van der Waals surface area contributed by atoms with Crippen LogP contribution >= 0.6 is 0 Å². The highest BCUT2D eigenvalue weighted by atomic mass is 16.7. The molecular formula is C27H23NO7. The number of pyridine rings is 1. The van der Waals surface area contributed by atoms with Gasteiger partial charge in [0.2, 0.25) is 6.79 Å². The van der Waals surface area contributed by atoms with Crippen LogP contribution in [0.2, 0.25) is 0 Å². The number of carboxylic acid groups (broad SMARTS) is 1. The molecule has 35 heavy (non-hydrogen) atoms. The number of fused-ring (bicyclic) bond motifs is 2. The van der Waals surface area contributed by atoms with E-state index < -0.39 is 11.5 Å². The summed E-state index contributed by atoms with van der Waals surface area (Å²) in [7, 11) is 1.56. The van der Waals surface area contributed by atoms with Crippen molar-refractivity contribution in [2.75, 3.05) is 20.5 Å². The Morgan fingerprint density at radius 3 is 2.63 bits per heavy atom. The molecule has 5 rings (SSSR count). The lowest BCUT2D eigenvalue weighted by molar-refractivity contribution is 0.0695. The molecule has 0 atom stereocenters. The number of nitrogens with zero attached hydrogens (tertiary/aromatic N) is 1. The molecule has 0 unspecified atom stereocenters. The number of aromatic carboxylic acids is 1. The third-order valence-corrected chi connectivity index (χ3v) is 5.94. The van der Waals surface area contributed by atoms with E-state index in [4.69, 9.17) is 18.9 Å². The van der Waals surface area contributed by atoms with Crippen LogP contribution in [0.1, 0.15) is 22.8 Å². The number of aromatic nitrogens is 1. The Labute approximate surface area is 200 Å². The van der Waals surface area contributed by atoms with E-state index in [-0.39, 0.29) is 18.9 Å². The van der Waals surface area contributed by atoms with Crippen molar-refractivity contribution in [3.8, 4) is 34.1 Å². The second kappa shape index (κ2) is 9.06. The minimum Gasteiger partial charge on any atom is -0.496 e. The summed E-state index contributed by atoms with van der Waals surface area (Å²) in [6.45, 7) is 2.53. The van der Waals surface area contributed by atoms with Gasteiger partial charge in [0.1, 0.15) is 17.1 Å². The van der Waals surface area contributed by atoms with Crippen LogP contribution in [0.4, 0.5) is 0 Å². The van der Waals surface area contributed by atoms with Gasteiger partial charge in [0.25, 0.3) is 5.56 Å². The number of benzene rings is 3. The molecule has 1 aliphatic rings. The minimum atomic E-state index is -1.32. The number of carbonyl (C=O) groups is 1. The monoisotopic (exact) mass is 473 g/mol. The van der Waals surface area contributed by atoms with Crippen molar-refractivity contribution in [1.29, 1.82) is 0 Å². The van der Waals surface area contributed by atoms with Gasteiger partial charge in [0.15, 0.2) is 11.5 Å². The maximum absolute atomic E-state index is 13.7. The molecule has 0 bridgehead atoms. The molecule has 1 N–H and O–H groups in total. The Hall–Kier alpha value is -4.46. The van der Waals surface area contributed by atoms with Crippen molar-refractivity contribution in [1.82, 2.24) is 4.57 Å². The molecule has 0 fully saturated rings. The van der Waals surface area contributed by atoms with Crippen LogP contribution in [-0.4, -0.2) is 36.2 Å². The first-order valence-electron chi connectivity index (χ1n) is 11.1. The molecular weight excluding hydrogens is 450 g/mol. The van der Waals surface area contributed by atoms with Crippen molar-refractivity contribution >= 4 is 16.9 Å². The van der Waals surface area contributed by atoms with E-state index in [1.165, 1.54) is 4.57 Å². The first kappa shape index (κ1) is 22.3. The molecule has 0 spiro atoms. The van der Waals surface area contributed by atoms with Crippen molar-refractivity contribution in [3.63, 3.8) is 0 Å². The highest BCUT2D eigenvalue weighted by Gasteiger charge is 2.25. The summed E-state index contributed by atoms with van der Waals surface area (Å²) < 4.78 is 23.5. The molecule has 8 nitrogen and oxygen atoms in total. The average molecular weight is 473 g/mol. The summed E-state index contributed by atoms with van der Waals surface area (Å²) in [4.78, 5) is 26.2. The normalized spacial score (nSPS) is 12.1. The van der Waals surface area contributed by atoms with E-state index in [0.717, 1.165) is 5.56 Å². The summed E-state index contributed by atoms with van der Waals surface area (Å²) in [5.74, 6) is 0.914. The summed E-state index contributed by atoms with van der Waals surface area (Å²) in [5.41, 5.74) is 1.20. The number of methoxy groups -OCH3 is 1. The SMILES string of the molecule is CCOc1ccc2c(c1)c(-c1ccc3c(c1)OCO3)c(C(=O)O)c(=O)n2Cc1ccccc1OC. The van der Waals surface area contributed by atoms with Gasteiger partial charge >= 0.3 is 5.97 Å². The Bertz CT molecular complexity index is 1510. The Morgan fingerprint density at radius 2 is 1.86 bits per heavy atom. The number of hydrogen-bond acceptors (Lipinski definition) is 6. The number of carboxylic acids is 1. The van der Waals surface area contributed by atoms with Crippen LogP contribution < -0.4 is 24.5 Å². The summed E-state index contributed by atoms with van der Waals surface area (Å²) in [6, 6.07) is 17.8. The maximum atomic E-state index is 13.7. The fraction of sp³-hybridized carbons (Fsp3) is 0.185. The van der Waals surface area contributed by atoms with E-state index in [9.17, 15) is 14.7 Å². The van der Waals surface area contributed by atoms with Crippen LogP contribution in [0.5, 0.6) is 23.0 Å². The standard InChI is InChI=1S/C27H23NO7/c1-3-33-18-9-10-20-19(13-18)24(16-8-11-22-23(12-16)35-15-34-22)25(27(30)31)26(29)28(20)14-17-6-4-5-7-21(17)32-2/h4-13H,3,14-15H2,1-2H3,(H,30,31). The van der Waals surface area contributed by atoms with Crippen LogP contribution in [0.3, 0.4) is 0 Å². The van der Waals surface area contributed by atoms with Gasteiger partial charge in [-0.05, 0) is 48.9 Å². The van der Waals surface area contributed by atoms with E-state index >= 15 is 0 Å². The predicted octanol–water partition coefficient (Wildman–Crippen LogP) is 4.55. The number of para-hydroxylation sites is 1. The second-order valence-electron chi connectivity index (χ2n) is 7.94. The molecule has 0 saturated carbocycles. The largest absolute Gasteiger partial charge is 0.496 e. The fourth-order valence-electron chi connectivity index (χ4n) is 4.40. The average Bonchev–Trinajstić information content (AvgIpc) is 3.33. The molecule has 0 saturated heterocycles. The van der Waals surface area contributed by atoms with Crippen molar-refractivity contribution in [2.24, 2.45) is 0 Å². The molecule has 0 amide bonds. The molecule has 3 aromatic carbocycles. The van der Waals surface area contributed by atoms with Gasteiger partial charge < -0.3 is 28.6 Å². The molecule has 4 aromatic rings. The predicted molar refractivity (Wildman–Crippen MR) is 130 cm³/mol. The van der Waals surface area contributed by atoms with E-state index in [1.807, 2.05) is 25.1 Å². The van der Waals surface area contributed by atoms with Gasteiger partial charge in [-0.15, -0.1) is 0 Å². The van der Waals surface area contributed by atoms with E-state index in [1.54, 1.807) is 49.6 Å². The lowest BCUT2D eigenvalue weighted by atomic mass is 9.95. The third kappa shape index (κ3) is 3.93. The quantitative estimate of drug-likeness (QED) is 0.421. The van der Waals surface area contributed by atoms with Crippen LogP contribution in [0.15, 0.2) is 65.5 Å². The molecule has 0 aliphatic carbocycles.